The van der Waals surface area contributed by atoms with Crippen LogP contribution in [0, 0.1) is 13.8 Å². The zero-order chi connectivity index (χ0) is 17.7. The third-order valence-electron chi connectivity index (χ3n) is 3.67. The summed E-state index contributed by atoms with van der Waals surface area (Å²) in [5.74, 6) is 1.00. The van der Waals surface area contributed by atoms with E-state index >= 15 is 0 Å². The van der Waals surface area contributed by atoms with Gasteiger partial charge in [-0.25, -0.2) is 0 Å². The van der Waals surface area contributed by atoms with E-state index in [-0.39, 0.29) is 18.0 Å². The molecule has 1 amide bonds. The lowest BCUT2D eigenvalue weighted by Gasteiger charge is -2.15. The molecular weight excluding hydrogens is 308 g/mol. The molecule has 6 nitrogen and oxygen atoms in total. The van der Waals surface area contributed by atoms with Crippen LogP contribution in [-0.4, -0.2) is 24.1 Å². The van der Waals surface area contributed by atoms with Gasteiger partial charge >= 0.3 is 0 Å². The number of rotatable bonds is 6. The zero-order valence-corrected chi connectivity index (χ0v) is 14.3. The van der Waals surface area contributed by atoms with E-state index in [1.807, 2.05) is 19.9 Å². The first-order valence-corrected chi connectivity index (χ1v) is 7.68. The summed E-state index contributed by atoms with van der Waals surface area (Å²) < 4.78 is 10.7. The Balaban J connectivity index is 1.95. The molecule has 1 atom stereocenters. The number of ether oxygens (including phenoxy) is 2. The number of hydrogen-bond donors (Lipinski definition) is 2. The van der Waals surface area contributed by atoms with Crippen LogP contribution in [0.5, 0.6) is 11.5 Å². The summed E-state index contributed by atoms with van der Waals surface area (Å²) in [5.41, 5.74) is 2.01. The molecule has 0 saturated heterocycles. The van der Waals surface area contributed by atoms with Crippen molar-refractivity contribution < 1.29 is 14.3 Å². The molecule has 0 saturated carbocycles. The van der Waals surface area contributed by atoms with Crippen molar-refractivity contribution >= 4 is 5.91 Å². The molecule has 0 radical (unpaired) electrons. The molecule has 1 aromatic heterocycles. The number of H-pyrrole nitrogens is 1. The summed E-state index contributed by atoms with van der Waals surface area (Å²) in [7, 11) is 1.58. The molecule has 2 rings (SSSR count). The van der Waals surface area contributed by atoms with E-state index in [9.17, 15) is 9.59 Å². The normalized spacial score (nSPS) is 11.7. The summed E-state index contributed by atoms with van der Waals surface area (Å²) in [6.45, 7) is 5.49. The number of amides is 1. The van der Waals surface area contributed by atoms with Crippen molar-refractivity contribution in [1.29, 1.82) is 0 Å². The third kappa shape index (κ3) is 4.38. The SMILES string of the molecule is COc1ccc(O[C@H](C)C(=O)NCc2c(C)cc(C)[nH]c2=O)cc1. The molecule has 2 N–H and O–H groups in total. The van der Waals surface area contributed by atoms with Gasteiger partial charge in [-0.1, -0.05) is 0 Å². The van der Waals surface area contributed by atoms with Gasteiger partial charge in [-0.3, -0.25) is 9.59 Å². The lowest BCUT2D eigenvalue weighted by atomic mass is 10.1. The van der Waals surface area contributed by atoms with Crippen molar-refractivity contribution in [3.63, 3.8) is 0 Å². The molecule has 0 aliphatic carbocycles. The highest BCUT2D eigenvalue weighted by atomic mass is 16.5. The number of methoxy groups -OCH3 is 1. The Kier molecular flexibility index (Phi) is 5.63. The Labute approximate surface area is 140 Å². The van der Waals surface area contributed by atoms with Crippen molar-refractivity contribution in [1.82, 2.24) is 10.3 Å². The lowest BCUT2D eigenvalue weighted by molar-refractivity contribution is -0.127. The number of benzene rings is 1. The molecule has 1 heterocycles. The molecule has 24 heavy (non-hydrogen) atoms. The Morgan fingerprint density at radius 2 is 1.83 bits per heavy atom. The van der Waals surface area contributed by atoms with E-state index in [1.165, 1.54) is 0 Å². The van der Waals surface area contributed by atoms with Gasteiger partial charge in [0.05, 0.1) is 7.11 Å². The highest BCUT2D eigenvalue weighted by molar-refractivity contribution is 5.80. The largest absolute Gasteiger partial charge is 0.497 e. The molecule has 0 spiro atoms. The van der Waals surface area contributed by atoms with Crippen LogP contribution in [0.15, 0.2) is 35.1 Å². The first-order valence-electron chi connectivity index (χ1n) is 7.68. The predicted molar refractivity (Wildman–Crippen MR) is 91.5 cm³/mol. The molecule has 0 aliphatic rings. The summed E-state index contributed by atoms with van der Waals surface area (Å²) in [6, 6.07) is 8.86. The fourth-order valence-electron chi connectivity index (χ4n) is 2.33. The minimum atomic E-state index is -0.678. The Morgan fingerprint density at radius 1 is 1.21 bits per heavy atom. The first-order chi connectivity index (χ1) is 11.4. The Morgan fingerprint density at radius 3 is 2.42 bits per heavy atom. The number of aromatic amines is 1. The van der Waals surface area contributed by atoms with Crippen molar-refractivity contribution in [3.8, 4) is 11.5 Å². The smallest absolute Gasteiger partial charge is 0.261 e. The van der Waals surface area contributed by atoms with Gasteiger partial charge in [0.2, 0.25) is 0 Å². The van der Waals surface area contributed by atoms with Crippen molar-refractivity contribution in [2.75, 3.05) is 7.11 Å². The van der Waals surface area contributed by atoms with Gasteiger partial charge in [0, 0.05) is 17.8 Å². The molecule has 2 aromatic rings. The van der Waals surface area contributed by atoms with Gasteiger partial charge < -0.3 is 19.8 Å². The summed E-state index contributed by atoms with van der Waals surface area (Å²) in [5, 5.41) is 2.73. The number of carbonyl (C=O) groups excluding carboxylic acids is 1. The molecular formula is C18H22N2O4. The van der Waals surface area contributed by atoms with E-state index in [2.05, 4.69) is 10.3 Å². The molecule has 0 unspecified atom stereocenters. The maximum atomic E-state index is 12.2. The van der Waals surface area contributed by atoms with E-state index in [0.717, 1.165) is 11.3 Å². The number of pyridine rings is 1. The zero-order valence-electron chi connectivity index (χ0n) is 14.3. The third-order valence-corrected chi connectivity index (χ3v) is 3.67. The second-order valence-electron chi connectivity index (χ2n) is 5.60. The van der Waals surface area contributed by atoms with E-state index in [4.69, 9.17) is 9.47 Å². The van der Waals surface area contributed by atoms with Crippen LogP contribution >= 0.6 is 0 Å². The minimum absolute atomic E-state index is 0.163. The van der Waals surface area contributed by atoms with Crippen LogP contribution in [-0.2, 0) is 11.3 Å². The number of hydrogen-bond acceptors (Lipinski definition) is 4. The number of carbonyl (C=O) groups is 1. The average molecular weight is 330 g/mol. The van der Waals surface area contributed by atoms with E-state index in [1.54, 1.807) is 38.3 Å². The van der Waals surface area contributed by atoms with Crippen molar-refractivity contribution in [2.45, 2.75) is 33.4 Å². The Bertz CT molecular complexity index is 766. The summed E-state index contributed by atoms with van der Waals surface area (Å²) in [6.07, 6.45) is -0.678. The second kappa shape index (κ2) is 7.68. The van der Waals surface area contributed by atoms with Gasteiger partial charge in [-0.15, -0.1) is 0 Å². The van der Waals surface area contributed by atoms with Crippen LogP contribution in [0.25, 0.3) is 0 Å². The van der Waals surface area contributed by atoms with Gasteiger partial charge in [0.1, 0.15) is 11.5 Å². The summed E-state index contributed by atoms with van der Waals surface area (Å²) >= 11 is 0. The van der Waals surface area contributed by atoms with Crippen LogP contribution in [0.2, 0.25) is 0 Å². The Hall–Kier alpha value is -2.76. The van der Waals surface area contributed by atoms with Crippen molar-refractivity contribution in [3.05, 3.63) is 57.5 Å². The summed E-state index contributed by atoms with van der Waals surface area (Å²) in [4.78, 5) is 26.8. The fraction of sp³-hybridized carbons (Fsp3) is 0.333. The van der Waals surface area contributed by atoms with Crippen molar-refractivity contribution in [2.24, 2.45) is 0 Å². The van der Waals surface area contributed by atoms with Crippen LogP contribution in [0.4, 0.5) is 0 Å². The molecule has 1 aromatic carbocycles. The minimum Gasteiger partial charge on any atom is -0.497 e. The maximum absolute atomic E-state index is 12.2. The quantitative estimate of drug-likeness (QED) is 0.850. The van der Waals surface area contributed by atoms with E-state index in [0.29, 0.717) is 17.1 Å². The first kappa shape index (κ1) is 17.6. The van der Waals surface area contributed by atoms with E-state index < -0.39 is 6.10 Å². The molecule has 128 valence electrons. The lowest BCUT2D eigenvalue weighted by Crippen LogP contribution is -2.37. The monoisotopic (exact) mass is 330 g/mol. The van der Waals surface area contributed by atoms with Gasteiger partial charge in [-0.2, -0.15) is 0 Å². The molecule has 6 heteroatoms. The van der Waals surface area contributed by atoms with Crippen LogP contribution < -0.4 is 20.3 Å². The van der Waals surface area contributed by atoms with Crippen LogP contribution in [0.1, 0.15) is 23.7 Å². The number of aryl methyl sites for hydroxylation is 2. The maximum Gasteiger partial charge on any atom is 0.261 e. The molecule has 0 aliphatic heterocycles. The topological polar surface area (TPSA) is 80.4 Å². The number of aromatic nitrogens is 1. The fourth-order valence-corrected chi connectivity index (χ4v) is 2.33. The average Bonchev–Trinajstić information content (AvgIpc) is 2.54. The van der Waals surface area contributed by atoms with Gasteiger partial charge in [-0.05, 0) is 56.7 Å². The predicted octanol–water partition coefficient (Wildman–Crippen LogP) is 2.08. The number of nitrogens with one attached hydrogen (secondary N) is 2. The molecule has 0 fully saturated rings. The molecule has 0 bridgehead atoms. The highest BCUT2D eigenvalue weighted by Crippen LogP contribution is 2.18. The van der Waals surface area contributed by atoms with Gasteiger partial charge in [0.15, 0.2) is 6.10 Å². The highest BCUT2D eigenvalue weighted by Gasteiger charge is 2.15. The second-order valence-corrected chi connectivity index (χ2v) is 5.60. The van der Waals surface area contributed by atoms with Crippen LogP contribution in [0.3, 0.4) is 0 Å². The standard InChI is InChI=1S/C18H22N2O4/c1-11-9-12(2)20-18(22)16(11)10-19-17(21)13(3)24-15-7-5-14(23-4)6-8-15/h5-9,13H,10H2,1-4H3,(H,19,21)(H,20,22)/t13-/m1/s1. The van der Waals surface area contributed by atoms with Gasteiger partial charge in [0.25, 0.3) is 11.5 Å².